The molecule has 1 aliphatic rings. The van der Waals surface area contributed by atoms with Crippen molar-refractivity contribution in [3.8, 4) is 0 Å². The van der Waals surface area contributed by atoms with Crippen molar-refractivity contribution < 1.29 is 24.5 Å². The predicted molar refractivity (Wildman–Crippen MR) is 63.3 cm³/mol. The molecular formula is C11H20N2O5. The summed E-state index contributed by atoms with van der Waals surface area (Å²) in [5.74, 6) is -1.14. The minimum atomic E-state index is -1.14. The van der Waals surface area contributed by atoms with Gasteiger partial charge in [0.2, 0.25) is 0 Å². The Morgan fingerprint density at radius 2 is 2.22 bits per heavy atom. The zero-order chi connectivity index (χ0) is 13.8. The number of urea groups is 1. The first-order valence-electron chi connectivity index (χ1n) is 5.85. The number of hydrogen-bond acceptors (Lipinski definition) is 4. The van der Waals surface area contributed by atoms with Gasteiger partial charge in [-0.25, -0.2) is 9.59 Å². The van der Waals surface area contributed by atoms with Gasteiger partial charge in [-0.1, -0.05) is 0 Å². The molecule has 2 amide bonds. The van der Waals surface area contributed by atoms with E-state index in [4.69, 9.17) is 9.84 Å². The Labute approximate surface area is 106 Å². The molecule has 1 heterocycles. The number of amides is 2. The maximum atomic E-state index is 11.9. The molecule has 0 spiro atoms. The number of aliphatic carboxylic acids is 1. The second-order valence-corrected chi connectivity index (χ2v) is 4.82. The van der Waals surface area contributed by atoms with Crippen molar-refractivity contribution in [3.63, 3.8) is 0 Å². The second-order valence-electron chi connectivity index (χ2n) is 4.82. The molecule has 0 aromatic carbocycles. The molecule has 0 radical (unpaired) electrons. The number of ether oxygens (including phenoxy) is 1. The standard InChI is InChI=1S/C11H20N2O5/c1-11(17)4-3-5-13(7-11)10(16)12-8(6-18-2)9(14)15/h8,17H,3-7H2,1-2H3,(H,12,16)(H,14,15). The number of nitrogens with zero attached hydrogens (tertiary/aromatic N) is 1. The summed E-state index contributed by atoms with van der Waals surface area (Å²) in [6.07, 6.45) is 1.33. The third-order valence-electron chi connectivity index (χ3n) is 2.89. The number of β-amino-alcohol motifs (C(OH)–C–C–N with tert-alkyl or cyclic N) is 1. The Kier molecular flexibility index (Phi) is 4.92. The van der Waals surface area contributed by atoms with Crippen molar-refractivity contribution in [1.82, 2.24) is 10.2 Å². The first-order valence-corrected chi connectivity index (χ1v) is 5.85. The third kappa shape index (κ3) is 4.15. The number of hydrogen-bond donors (Lipinski definition) is 3. The number of carboxylic acids is 1. The zero-order valence-corrected chi connectivity index (χ0v) is 10.7. The lowest BCUT2D eigenvalue weighted by atomic mass is 9.95. The molecule has 2 atom stereocenters. The molecular weight excluding hydrogens is 240 g/mol. The first kappa shape index (κ1) is 14.7. The lowest BCUT2D eigenvalue weighted by Gasteiger charge is -2.37. The van der Waals surface area contributed by atoms with Crippen LogP contribution < -0.4 is 5.32 Å². The van der Waals surface area contributed by atoms with E-state index in [0.29, 0.717) is 19.4 Å². The van der Waals surface area contributed by atoms with E-state index in [1.165, 1.54) is 12.0 Å². The Bertz CT molecular complexity index is 319. The largest absolute Gasteiger partial charge is 0.480 e. The number of rotatable bonds is 4. The topological polar surface area (TPSA) is 99.1 Å². The van der Waals surface area contributed by atoms with Gasteiger partial charge in [0.15, 0.2) is 6.04 Å². The van der Waals surface area contributed by atoms with Crippen LogP contribution in [-0.4, -0.2) is 65.6 Å². The van der Waals surface area contributed by atoms with Gasteiger partial charge >= 0.3 is 12.0 Å². The van der Waals surface area contributed by atoms with Gasteiger partial charge in [-0.05, 0) is 19.8 Å². The number of carboxylic acid groups (broad SMARTS) is 1. The van der Waals surface area contributed by atoms with E-state index in [9.17, 15) is 14.7 Å². The van der Waals surface area contributed by atoms with Crippen LogP contribution >= 0.6 is 0 Å². The van der Waals surface area contributed by atoms with E-state index >= 15 is 0 Å². The predicted octanol–water partition coefficient (Wildman–Crippen LogP) is -0.358. The Balaban J connectivity index is 2.55. The number of carbonyl (C=O) groups excluding carboxylic acids is 1. The smallest absolute Gasteiger partial charge is 0.328 e. The van der Waals surface area contributed by atoms with Crippen molar-refractivity contribution in [2.24, 2.45) is 0 Å². The van der Waals surface area contributed by atoms with E-state index in [1.54, 1.807) is 6.92 Å². The highest BCUT2D eigenvalue weighted by atomic mass is 16.5. The van der Waals surface area contributed by atoms with Gasteiger partial charge in [0.1, 0.15) is 0 Å². The summed E-state index contributed by atoms with van der Waals surface area (Å²) in [6, 6.07) is -1.56. The van der Waals surface area contributed by atoms with Crippen LogP contribution in [0.1, 0.15) is 19.8 Å². The average molecular weight is 260 g/mol. The minimum Gasteiger partial charge on any atom is -0.480 e. The number of aliphatic hydroxyl groups is 1. The fourth-order valence-electron chi connectivity index (χ4n) is 1.98. The Morgan fingerprint density at radius 3 is 2.72 bits per heavy atom. The molecule has 1 aliphatic heterocycles. The highest BCUT2D eigenvalue weighted by molar-refractivity contribution is 5.82. The molecule has 0 aliphatic carbocycles. The Morgan fingerprint density at radius 1 is 1.56 bits per heavy atom. The van der Waals surface area contributed by atoms with Gasteiger partial charge in [-0.2, -0.15) is 0 Å². The molecule has 0 aromatic rings. The lowest BCUT2D eigenvalue weighted by Crippen LogP contribution is -2.55. The fraction of sp³-hybridized carbons (Fsp3) is 0.818. The molecule has 18 heavy (non-hydrogen) atoms. The van der Waals surface area contributed by atoms with E-state index < -0.39 is 23.6 Å². The van der Waals surface area contributed by atoms with Crippen molar-refractivity contribution >= 4 is 12.0 Å². The summed E-state index contributed by atoms with van der Waals surface area (Å²) < 4.78 is 4.73. The number of nitrogens with one attached hydrogen (secondary N) is 1. The molecule has 7 nitrogen and oxygen atoms in total. The van der Waals surface area contributed by atoms with Gasteiger partial charge in [0.25, 0.3) is 0 Å². The molecule has 2 unspecified atom stereocenters. The maximum Gasteiger partial charge on any atom is 0.328 e. The van der Waals surface area contributed by atoms with Crippen molar-refractivity contribution in [2.75, 3.05) is 26.8 Å². The number of likely N-dealkylation sites (tertiary alicyclic amines) is 1. The highest BCUT2D eigenvalue weighted by Crippen LogP contribution is 2.20. The second kappa shape index (κ2) is 6.01. The molecule has 104 valence electrons. The first-order chi connectivity index (χ1) is 8.35. The number of methoxy groups -OCH3 is 1. The summed E-state index contributed by atoms with van der Waals surface area (Å²) >= 11 is 0. The van der Waals surface area contributed by atoms with Gasteiger partial charge in [-0.15, -0.1) is 0 Å². The van der Waals surface area contributed by atoms with Crippen molar-refractivity contribution in [1.29, 1.82) is 0 Å². The summed E-state index contributed by atoms with van der Waals surface area (Å²) in [6.45, 7) is 2.29. The normalized spacial score (nSPS) is 25.6. The van der Waals surface area contributed by atoms with Crippen LogP contribution in [0.5, 0.6) is 0 Å². The fourth-order valence-corrected chi connectivity index (χ4v) is 1.98. The average Bonchev–Trinajstić information content (AvgIpc) is 2.26. The summed E-state index contributed by atoms with van der Waals surface area (Å²) in [5.41, 5.74) is -0.907. The van der Waals surface area contributed by atoms with Crippen LogP contribution in [0, 0.1) is 0 Å². The molecule has 0 bridgehead atoms. The van der Waals surface area contributed by atoms with E-state index in [2.05, 4.69) is 5.32 Å². The van der Waals surface area contributed by atoms with Crippen molar-refractivity contribution in [3.05, 3.63) is 0 Å². The molecule has 1 saturated heterocycles. The van der Waals surface area contributed by atoms with Crippen LogP contribution in [0.15, 0.2) is 0 Å². The monoisotopic (exact) mass is 260 g/mol. The van der Waals surface area contributed by atoms with E-state index in [1.807, 2.05) is 0 Å². The van der Waals surface area contributed by atoms with Crippen LogP contribution in [0.2, 0.25) is 0 Å². The van der Waals surface area contributed by atoms with Gasteiger partial charge < -0.3 is 25.2 Å². The number of piperidine rings is 1. The lowest BCUT2D eigenvalue weighted by molar-refractivity contribution is -0.140. The molecule has 0 saturated carbocycles. The summed E-state index contributed by atoms with van der Waals surface area (Å²) in [4.78, 5) is 24.2. The highest BCUT2D eigenvalue weighted by Gasteiger charge is 2.32. The van der Waals surface area contributed by atoms with Gasteiger partial charge in [-0.3, -0.25) is 0 Å². The minimum absolute atomic E-state index is 0.0920. The van der Waals surface area contributed by atoms with Crippen LogP contribution in [0.4, 0.5) is 4.79 Å². The molecule has 0 aromatic heterocycles. The quantitative estimate of drug-likeness (QED) is 0.641. The molecule has 1 fully saturated rings. The summed E-state index contributed by atoms with van der Waals surface area (Å²) in [7, 11) is 1.37. The van der Waals surface area contributed by atoms with Gasteiger partial charge in [0, 0.05) is 13.7 Å². The SMILES string of the molecule is COCC(NC(=O)N1CCCC(C)(O)C1)C(=O)O. The maximum absolute atomic E-state index is 11.9. The zero-order valence-electron chi connectivity index (χ0n) is 10.7. The van der Waals surface area contributed by atoms with E-state index in [-0.39, 0.29) is 13.2 Å². The molecule has 3 N–H and O–H groups in total. The Hall–Kier alpha value is -1.34. The van der Waals surface area contributed by atoms with Crippen LogP contribution in [-0.2, 0) is 9.53 Å². The summed E-state index contributed by atoms with van der Waals surface area (Å²) in [5, 5.41) is 21.1. The number of carbonyl (C=O) groups is 2. The van der Waals surface area contributed by atoms with Crippen LogP contribution in [0.3, 0.4) is 0 Å². The third-order valence-corrected chi connectivity index (χ3v) is 2.89. The van der Waals surface area contributed by atoms with E-state index in [0.717, 1.165) is 0 Å². The molecule has 1 rings (SSSR count). The van der Waals surface area contributed by atoms with Gasteiger partial charge in [0.05, 0.1) is 18.8 Å². The van der Waals surface area contributed by atoms with Crippen molar-refractivity contribution in [2.45, 2.75) is 31.4 Å². The van der Waals surface area contributed by atoms with Crippen LogP contribution in [0.25, 0.3) is 0 Å². The molecule has 7 heteroatoms.